The number of thiazole rings is 2. The highest BCUT2D eigenvalue weighted by molar-refractivity contribution is 7.81. The van der Waals surface area contributed by atoms with Gasteiger partial charge >= 0.3 is 22.3 Å². The average Bonchev–Trinajstić information content (AvgIpc) is 1.61. The summed E-state index contributed by atoms with van der Waals surface area (Å²) >= 11 is 1.64. The van der Waals surface area contributed by atoms with Gasteiger partial charge in [0.15, 0.2) is 35.8 Å². The molecule has 0 unspecified atom stereocenters. The first-order chi connectivity index (χ1) is 42.8. The molecule has 2 aromatic carbocycles. The van der Waals surface area contributed by atoms with E-state index in [1.165, 1.54) is 63.2 Å². The quantitative estimate of drug-likeness (QED) is 0.00976. The molecule has 6 aromatic rings. The van der Waals surface area contributed by atoms with Crippen LogP contribution >= 0.6 is 22.7 Å². The van der Waals surface area contributed by atoms with E-state index in [4.69, 9.17) is 50.7 Å². The number of anilines is 2. The van der Waals surface area contributed by atoms with E-state index < -0.39 is 141 Å². The fraction of sp³-hybridized carbons (Fsp3) is 0.385. The summed E-state index contributed by atoms with van der Waals surface area (Å²) in [5.74, 6) is -13.4. The van der Waals surface area contributed by atoms with E-state index in [0.717, 1.165) is 46.9 Å². The maximum atomic E-state index is 15.4. The highest BCUT2D eigenvalue weighted by Gasteiger charge is 2.61. The third kappa shape index (κ3) is 14.9. The fourth-order valence-corrected chi connectivity index (χ4v) is 11.1. The van der Waals surface area contributed by atoms with Crippen LogP contribution in [0.3, 0.4) is 0 Å². The maximum absolute atomic E-state index is 15.4. The minimum absolute atomic E-state index is 0.0970. The van der Waals surface area contributed by atoms with Gasteiger partial charge in [-0.3, -0.25) is 19.2 Å². The monoisotopic (exact) mass is 1340 g/mol. The number of hydrogen-bond acceptors (Lipinski definition) is 24. The van der Waals surface area contributed by atoms with Gasteiger partial charge in [-0.2, -0.15) is 27.9 Å². The number of benzene rings is 2. The molecule has 0 spiro atoms. The van der Waals surface area contributed by atoms with Crippen molar-refractivity contribution in [3.63, 3.8) is 0 Å². The van der Waals surface area contributed by atoms with Gasteiger partial charge in [-0.25, -0.2) is 37.1 Å². The van der Waals surface area contributed by atoms with Crippen molar-refractivity contribution in [3.05, 3.63) is 94.5 Å². The summed E-state index contributed by atoms with van der Waals surface area (Å²) in [4.78, 5) is 97.8. The molecule has 4 atom stereocenters. The van der Waals surface area contributed by atoms with Gasteiger partial charge < -0.3 is 62.9 Å². The number of β-lactam (4-membered cyclic amide) rings is 2. The van der Waals surface area contributed by atoms with Crippen molar-refractivity contribution in [1.82, 2.24) is 40.1 Å². The molecule has 0 radical (unpaired) electrons. The minimum Gasteiger partial charge on any atom is -0.489 e. The van der Waals surface area contributed by atoms with Crippen LogP contribution in [0.1, 0.15) is 51.9 Å². The van der Waals surface area contributed by atoms with Gasteiger partial charge in [0, 0.05) is 35.0 Å². The van der Waals surface area contributed by atoms with Crippen LogP contribution in [0.25, 0.3) is 22.3 Å². The lowest BCUT2D eigenvalue weighted by Gasteiger charge is -2.52. The van der Waals surface area contributed by atoms with Crippen molar-refractivity contribution in [2.75, 3.05) is 37.8 Å². The zero-order valence-electron chi connectivity index (χ0n) is 48.9. The number of aromatic nitrogens is 6. The molecule has 39 heteroatoms. The number of oxime groups is 2. The predicted molar refractivity (Wildman–Crippen MR) is 308 cm³/mol. The first kappa shape index (κ1) is 67.5. The van der Waals surface area contributed by atoms with Gasteiger partial charge in [-0.1, -0.05) is 10.3 Å². The molecule has 2 fully saturated rings. The Morgan fingerprint density at radius 2 is 1.02 bits per heavy atom. The number of ether oxygens (including phenoxy) is 2. The molecular formula is C52H60F4N16O16S3+2. The Balaban J connectivity index is 0.880. The lowest BCUT2D eigenvalue weighted by Crippen LogP contribution is -2.78. The molecule has 91 heavy (non-hydrogen) atoms. The molecule has 0 aliphatic carbocycles. The number of halogens is 4. The second-order valence-corrected chi connectivity index (χ2v) is 24.1. The van der Waals surface area contributed by atoms with Crippen molar-refractivity contribution in [3.8, 4) is 33.8 Å². The summed E-state index contributed by atoms with van der Waals surface area (Å²) in [7, 11) is -2.11. The van der Waals surface area contributed by atoms with Crippen LogP contribution in [0.5, 0.6) is 11.5 Å². The molecule has 0 saturated carbocycles. The van der Waals surface area contributed by atoms with Gasteiger partial charge in [-0.15, -0.1) is 40.6 Å². The molecule has 8 rings (SSSR count). The third-order valence-electron chi connectivity index (χ3n) is 13.9. The van der Waals surface area contributed by atoms with Crippen LogP contribution < -0.4 is 52.4 Å². The van der Waals surface area contributed by atoms with Crippen LogP contribution in [0, 0.1) is 23.3 Å². The SMILES string of the molecule is C[n+]1cc(-c2c(F)cc(OC[C@H](O/N=C(\C(=O)N[C@@H]3C(=O)N(OS(=O)(=O)ON4C(=O)[C@@H](NC(=O)/C(=N\O[C@@H](COc5cc(F)c(-c6cn(CCCN)[n+](C)c6)c(F)c5)C(=O)O)c5csc(N)n5)C4(C)C)C3(C)C)c3csc(N)n3)C(=O)O)cc2F)cn1CCCN. The van der Waals surface area contributed by atoms with E-state index >= 15 is 17.6 Å². The number of nitrogens with one attached hydrogen (secondary N) is 2. The lowest BCUT2D eigenvalue weighted by molar-refractivity contribution is -0.753. The third-order valence-corrected chi connectivity index (χ3v) is 15.9. The number of carbonyl (C=O) groups excluding carboxylic acids is 4. The van der Waals surface area contributed by atoms with Gasteiger partial charge in [0.05, 0.1) is 58.8 Å². The molecule has 4 amide bonds. The summed E-state index contributed by atoms with van der Waals surface area (Å²) in [5.41, 5.74) is 16.7. The maximum Gasteiger partial charge on any atom is 0.442 e. The van der Waals surface area contributed by atoms with Crippen LogP contribution in [0.2, 0.25) is 0 Å². The van der Waals surface area contributed by atoms with Crippen LogP contribution in [-0.2, 0) is 84.6 Å². The first-order valence-corrected chi connectivity index (χ1v) is 30.0. The zero-order valence-corrected chi connectivity index (χ0v) is 51.3. The van der Waals surface area contributed by atoms with Gasteiger partial charge in [0.1, 0.15) is 71.5 Å². The van der Waals surface area contributed by atoms with Crippen molar-refractivity contribution in [1.29, 1.82) is 0 Å². The topological polar surface area (TPSA) is 435 Å². The standard InChI is InChI=1S/C52H58F4N16O16S3/c1-51(2)41(63-43(73)39(33-23-89-49(59)61-33)65-85-35(47(77)78)21-83-27-13-29(53)37(30(54)14-27)25-17-67(5)69(19-25)11-7-9-57)45(75)71(51)87-91(81,82)88-72-46(76)42(52(72,3)4)64-44(74)40(34-24-90-50(60)62-34)66-86-36(48(79)80)22-84-28-15-31(55)38(32(56)16-28)26-18-68(6)70(20-26)12-8-10-58/h13-20,23-24,35-36,41-42H,7-12,21-22,57-58H2,1-6H3,(H6-2,59,60,61,62,63,64,73,74,77,78,79,80)/p+2/b65-39-,66-40-/t35-,36-,41+,42+/m0/s1. The van der Waals surface area contributed by atoms with E-state index in [-0.39, 0.29) is 54.0 Å². The number of nitrogens with two attached hydrogens (primary N) is 4. The van der Waals surface area contributed by atoms with Crippen molar-refractivity contribution in [2.45, 2.75) is 89.0 Å². The van der Waals surface area contributed by atoms with E-state index in [1.54, 1.807) is 32.8 Å². The van der Waals surface area contributed by atoms with Crippen molar-refractivity contribution in [2.24, 2.45) is 35.9 Å². The number of rotatable bonds is 30. The molecule has 0 bridgehead atoms. The molecule has 488 valence electrons. The molecule has 6 heterocycles. The van der Waals surface area contributed by atoms with E-state index in [2.05, 4.69) is 30.9 Å². The van der Waals surface area contributed by atoms with E-state index in [1.807, 2.05) is 0 Å². The largest absolute Gasteiger partial charge is 0.489 e. The number of hydroxylamine groups is 4. The molecular weight excluding hydrogens is 1280 g/mol. The van der Waals surface area contributed by atoms with Crippen LogP contribution in [0.15, 0.2) is 70.1 Å². The second kappa shape index (κ2) is 27.4. The van der Waals surface area contributed by atoms with E-state index in [9.17, 15) is 47.4 Å². The van der Waals surface area contributed by atoms with Gasteiger partial charge in [0.2, 0.25) is 12.4 Å². The highest BCUT2D eigenvalue weighted by Crippen LogP contribution is 2.38. The molecule has 32 nitrogen and oxygen atoms in total. The number of carboxylic acids is 2. The van der Waals surface area contributed by atoms with Crippen molar-refractivity contribution >= 4 is 90.3 Å². The minimum atomic E-state index is -5.45. The van der Waals surface area contributed by atoms with Gasteiger partial charge in [0.25, 0.3) is 35.8 Å². The second-order valence-electron chi connectivity index (χ2n) is 21.2. The molecule has 4 aromatic heterocycles. The summed E-state index contributed by atoms with van der Waals surface area (Å²) in [6, 6.07) is 0.0305. The lowest BCUT2D eigenvalue weighted by atomic mass is 9.84. The normalized spacial score (nSPS) is 17.0. The Kier molecular flexibility index (Phi) is 20.3. The Morgan fingerprint density at radius 1 is 0.670 bits per heavy atom. The number of nitrogens with zero attached hydrogens (tertiary/aromatic N) is 10. The number of aryl methyl sites for hydroxylation is 4. The highest BCUT2D eigenvalue weighted by atomic mass is 32.3. The number of aliphatic carboxylic acids is 2. The molecule has 2 aliphatic heterocycles. The summed E-state index contributed by atoms with van der Waals surface area (Å²) < 4.78 is 116. The van der Waals surface area contributed by atoms with Crippen molar-refractivity contribution < 1.29 is 102 Å². The Morgan fingerprint density at radius 3 is 1.32 bits per heavy atom. The number of carboxylic acid groups (broad SMARTS) is 2. The number of hydrogen-bond donors (Lipinski definition) is 8. The van der Waals surface area contributed by atoms with Crippen LogP contribution in [-0.4, -0.2) is 157 Å². The smallest absolute Gasteiger partial charge is 0.442 e. The Hall–Kier alpha value is -9.41. The van der Waals surface area contributed by atoms with E-state index in [0.29, 0.717) is 39.0 Å². The first-order valence-electron chi connectivity index (χ1n) is 26.9. The van der Waals surface area contributed by atoms with Crippen LogP contribution in [0.4, 0.5) is 27.8 Å². The van der Waals surface area contributed by atoms with Gasteiger partial charge in [-0.05, 0) is 53.6 Å². The fourth-order valence-electron chi connectivity index (χ4n) is 9.07. The summed E-state index contributed by atoms with van der Waals surface area (Å²) in [6.07, 6.45) is 3.15. The zero-order chi connectivity index (χ0) is 66.6. The number of nitrogen functional groups attached to an aromatic ring is 2. The molecule has 2 saturated heterocycles. The predicted octanol–water partition coefficient (Wildman–Crippen LogP) is 0.129. The molecule has 12 N–H and O–H groups in total. The summed E-state index contributed by atoms with van der Waals surface area (Å²) in [5, 5.41) is 34.7. The average molecular weight is 1340 g/mol. The Labute approximate surface area is 521 Å². The summed E-state index contributed by atoms with van der Waals surface area (Å²) in [6.45, 7) is 4.82. The molecule has 2 aliphatic rings. The number of amides is 4. The Bertz CT molecular complexity index is 3700. The number of carbonyl (C=O) groups is 6.